The molecular weight excluding hydrogens is 254 g/mol. The zero-order valence-electron chi connectivity index (χ0n) is 11.6. The molecule has 2 fully saturated rings. The third kappa shape index (κ3) is 1.45. The summed E-state index contributed by atoms with van der Waals surface area (Å²) in [6, 6.07) is 0.219. The van der Waals surface area contributed by atoms with Gasteiger partial charge in [0.2, 0.25) is 0 Å². The Balaban J connectivity index is 1.94. The lowest BCUT2D eigenvalue weighted by molar-refractivity contribution is -0.144. The first-order chi connectivity index (χ1) is 9.56. The van der Waals surface area contributed by atoms with E-state index in [2.05, 4.69) is 5.32 Å². The number of carbonyl (C=O) groups is 1. The first-order valence-corrected chi connectivity index (χ1v) is 7.68. The molecule has 108 valence electrons. The van der Waals surface area contributed by atoms with Crippen LogP contribution in [0.4, 0.5) is 0 Å². The van der Waals surface area contributed by atoms with Crippen LogP contribution in [0.5, 0.6) is 0 Å². The van der Waals surface area contributed by atoms with Gasteiger partial charge in [0.05, 0.1) is 5.41 Å². The molecule has 4 aliphatic rings. The number of hydrogen-bond acceptors (Lipinski definition) is 4. The van der Waals surface area contributed by atoms with Crippen LogP contribution >= 0.6 is 0 Å². The number of rotatable bonds is 0. The van der Waals surface area contributed by atoms with Gasteiger partial charge in [-0.15, -0.1) is 0 Å². The monoisotopic (exact) mass is 275 g/mol. The second-order valence-corrected chi connectivity index (χ2v) is 6.72. The summed E-state index contributed by atoms with van der Waals surface area (Å²) < 4.78 is 0. The van der Waals surface area contributed by atoms with Crippen molar-refractivity contribution in [2.75, 3.05) is 6.54 Å². The Morgan fingerprint density at radius 1 is 1.35 bits per heavy atom. The molecule has 1 saturated carbocycles. The van der Waals surface area contributed by atoms with Crippen molar-refractivity contribution >= 4 is 5.78 Å². The van der Waals surface area contributed by atoms with E-state index in [9.17, 15) is 15.0 Å². The van der Waals surface area contributed by atoms with Gasteiger partial charge in [0.1, 0.15) is 5.78 Å². The molecule has 2 bridgehead atoms. The van der Waals surface area contributed by atoms with Crippen LogP contribution in [-0.4, -0.2) is 34.4 Å². The third-order valence-electron chi connectivity index (χ3n) is 5.86. The molecule has 20 heavy (non-hydrogen) atoms. The number of aliphatic hydroxyl groups is 2. The molecular formula is C16H21NO3. The highest BCUT2D eigenvalue weighted by atomic mass is 16.5. The number of hydrogen-bond donors (Lipinski definition) is 3. The molecule has 0 amide bonds. The van der Waals surface area contributed by atoms with E-state index >= 15 is 0 Å². The van der Waals surface area contributed by atoms with Gasteiger partial charge < -0.3 is 15.5 Å². The predicted octanol–water partition coefficient (Wildman–Crippen LogP) is 1.04. The minimum atomic E-state index is -1.77. The van der Waals surface area contributed by atoms with E-state index in [-0.39, 0.29) is 12.5 Å². The standard InChI is InChI=1S/C16H21NO3/c18-14-5-1-3-11-13-9-12-10(4-2-6-16(12,19)20)15(11,14)7-8-17-13/h2,4,11,13,17,19-20H,1,3,5-9H2/t11-,13+,15+/m0/s1. The smallest absolute Gasteiger partial charge is 0.189 e. The van der Waals surface area contributed by atoms with Crippen LogP contribution < -0.4 is 5.32 Å². The lowest BCUT2D eigenvalue weighted by Gasteiger charge is -2.56. The molecule has 1 aliphatic heterocycles. The summed E-state index contributed by atoms with van der Waals surface area (Å²) in [5.41, 5.74) is 1.17. The average Bonchev–Trinajstić information content (AvgIpc) is 2.40. The van der Waals surface area contributed by atoms with Gasteiger partial charge in [-0.1, -0.05) is 12.2 Å². The molecule has 1 saturated heterocycles. The fourth-order valence-electron chi connectivity index (χ4n) is 5.02. The van der Waals surface area contributed by atoms with Gasteiger partial charge in [-0.05, 0) is 49.3 Å². The molecule has 1 heterocycles. The summed E-state index contributed by atoms with van der Waals surface area (Å²) in [6.45, 7) is 0.849. The summed E-state index contributed by atoms with van der Waals surface area (Å²) in [7, 11) is 0. The lowest BCUT2D eigenvalue weighted by atomic mass is 9.51. The van der Waals surface area contributed by atoms with Gasteiger partial charge in [0.25, 0.3) is 0 Å². The Bertz CT molecular complexity index is 534. The Labute approximate surface area is 118 Å². The van der Waals surface area contributed by atoms with Crippen molar-refractivity contribution in [3.63, 3.8) is 0 Å². The van der Waals surface area contributed by atoms with Gasteiger partial charge in [-0.25, -0.2) is 0 Å². The lowest BCUT2D eigenvalue weighted by Crippen LogP contribution is -2.62. The highest BCUT2D eigenvalue weighted by molar-refractivity contribution is 5.91. The van der Waals surface area contributed by atoms with Crippen molar-refractivity contribution < 1.29 is 15.0 Å². The number of Topliss-reactive ketones (excluding diaryl/α,β-unsaturated/α-hetero) is 1. The first kappa shape index (κ1) is 12.7. The first-order valence-electron chi connectivity index (χ1n) is 7.68. The SMILES string of the molecule is O=C1CCC[C@H]2[C@H]3CC4=C(C=CCC4(O)O)[C@@]12CCN3. The summed E-state index contributed by atoms with van der Waals surface area (Å²) in [5.74, 6) is -1.12. The highest BCUT2D eigenvalue weighted by Gasteiger charge is 2.58. The predicted molar refractivity (Wildman–Crippen MR) is 73.8 cm³/mol. The number of ketones is 1. The molecule has 3 atom stereocenters. The van der Waals surface area contributed by atoms with Crippen LogP contribution in [0.1, 0.15) is 38.5 Å². The van der Waals surface area contributed by atoms with Gasteiger partial charge in [0, 0.05) is 18.9 Å². The third-order valence-corrected chi connectivity index (χ3v) is 5.86. The maximum absolute atomic E-state index is 12.8. The highest BCUT2D eigenvalue weighted by Crippen LogP contribution is 2.57. The van der Waals surface area contributed by atoms with Crippen LogP contribution in [-0.2, 0) is 4.79 Å². The van der Waals surface area contributed by atoms with Crippen molar-refractivity contribution in [3.05, 3.63) is 23.3 Å². The van der Waals surface area contributed by atoms with Gasteiger partial charge in [-0.3, -0.25) is 4.79 Å². The second-order valence-electron chi connectivity index (χ2n) is 6.72. The molecule has 4 nitrogen and oxygen atoms in total. The van der Waals surface area contributed by atoms with Crippen molar-refractivity contribution in [2.45, 2.75) is 50.4 Å². The fraction of sp³-hybridized carbons (Fsp3) is 0.688. The summed E-state index contributed by atoms with van der Waals surface area (Å²) >= 11 is 0. The van der Waals surface area contributed by atoms with Crippen molar-refractivity contribution in [1.82, 2.24) is 5.32 Å². The van der Waals surface area contributed by atoms with Crippen LogP contribution in [0.2, 0.25) is 0 Å². The topological polar surface area (TPSA) is 69.6 Å². The molecule has 0 unspecified atom stereocenters. The van der Waals surface area contributed by atoms with E-state index < -0.39 is 11.2 Å². The Hall–Kier alpha value is -0.970. The van der Waals surface area contributed by atoms with E-state index in [1.165, 1.54) is 0 Å². The normalized spacial score (nSPS) is 42.2. The summed E-state index contributed by atoms with van der Waals surface area (Å²) in [6.07, 6.45) is 8.17. The van der Waals surface area contributed by atoms with E-state index in [0.717, 1.165) is 31.4 Å². The summed E-state index contributed by atoms with van der Waals surface area (Å²) in [4.78, 5) is 12.8. The molecule has 0 aromatic carbocycles. The van der Waals surface area contributed by atoms with Crippen molar-refractivity contribution in [2.24, 2.45) is 11.3 Å². The largest absolute Gasteiger partial charge is 0.362 e. The summed E-state index contributed by atoms with van der Waals surface area (Å²) in [5, 5.41) is 24.1. The van der Waals surface area contributed by atoms with Crippen LogP contribution in [0, 0.1) is 11.3 Å². The van der Waals surface area contributed by atoms with E-state index in [4.69, 9.17) is 0 Å². The molecule has 0 aromatic heterocycles. The van der Waals surface area contributed by atoms with Crippen LogP contribution in [0.25, 0.3) is 0 Å². The maximum Gasteiger partial charge on any atom is 0.189 e. The average molecular weight is 275 g/mol. The number of nitrogens with one attached hydrogen (secondary N) is 1. The van der Waals surface area contributed by atoms with Crippen molar-refractivity contribution in [1.29, 1.82) is 0 Å². The van der Waals surface area contributed by atoms with Crippen molar-refractivity contribution in [3.8, 4) is 0 Å². The van der Waals surface area contributed by atoms with Gasteiger partial charge >= 0.3 is 0 Å². The number of allylic oxidation sites excluding steroid dienone is 2. The van der Waals surface area contributed by atoms with E-state index in [0.29, 0.717) is 30.1 Å². The fourth-order valence-corrected chi connectivity index (χ4v) is 5.02. The van der Waals surface area contributed by atoms with E-state index in [1.54, 1.807) is 0 Å². The maximum atomic E-state index is 12.8. The van der Waals surface area contributed by atoms with Crippen LogP contribution in [0.15, 0.2) is 23.3 Å². The molecule has 0 spiro atoms. The number of piperidine rings is 1. The molecule has 3 N–H and O–H groups in total. The van der Waals surface area contributed by atoms with Gasteiger partial charge in [-0.2, -0.15) is 0 Å². The van der Waals surface area contributed by atoms with Crippen LogP contribution in [0.3, 0.4) is 0 Å². The number of carbonyl (C=O) groups excluding carboxylic acids is 1. The minimum Gasteiger partial charge on any atom is -0.362 e. The molecule has 4 rings (SSSR count). The molecule has 3 aliphatic carbocycles. The molecule has 4 heteroatoms. The zero-order valence-corrected chi connectivity index (χ0v) is 11.6. The molecule has 0 radical (unpaired) electrons. The van der Waals surface area contributed by atoms with E-state index in [1.807, 2.05) is 12.2 Å². The Morgan fingerprint density at radius 3 is 3.05 bits per heavy atom. The van der Waals surface area contributed by atoms with Gasteiger partial charge in [0.15, 0.2) is 5.79 Å². The molecule has 0 aromatic rings. The minimum absolute atomic E-state index is 0.219. The zero-order chi connectivity index (χ0) is 14.0. The second kappa shape index (κ2) is 4.03. The Morgan fingerprint density at radius 2 is 2.20 bits per heavy atom. The quantitative estimate of drug-likeness (QED) is 0.578. The Kier molecular flexibility index (Phi) is 2.57.